The smallest absolute Gasteiger partial charge is 0.336 e. The highest BCUT2D eigenvalue weighted by atomic mass is 32.1. The van der Waals surface area contributed by atoms with Crippen molar-refractivity contribution in [1.82, 2.24) is 4.90 Å². The number of carbonyl (C=O) groups excluding carboxylic acids is 1. The van der Waals surface area contributed by atoms with Gasteiger partial charge in [0.2, 0.25) is 0 Å². The highest BCUT2D eigenvalue weighted by molar-refractivity contribution is 7.80. The highest BCUT2D eigenvalue weighted by Gasteiger charge is 2.15. The molecule has 0 radical (unpaired) electrons. The zero-order valence-corrected chi connectivity index (χ0v) is 13.8. The molecule has 1 saturated heterocycles. The van der Waals surface area contributed by atoms with Crippen LogP contribution in [0.4, 0.5) is 0 Å². The molecule has 0 bridgehead atoms. The Morgan fingerprint density at radius 2 is 1.92 bits per heavy atom. The third kappa shape index (κ3) is 4.31. The first-order chi connectivity index (χ1) is 11.7. The summed E-state index contributed by atoms with van der Waals surface area (Å²) in [6.45, 7) is 2.98. The molecule has 0 saturated carbocycles. The summed E-state index contributed by atoms with van der Waals surface area (Å²) in [5.74, 6) is 0.602. The lowest BCUT2D eigenvalue weighted by molar-refractivity contribution is -0.128. The van der Waals surface area contributed by atoms with E-state index < -0.39 is 5.97 Å². The fraction of sp³-hybridized carbons (Fsp3) is 0.222. The number of nitrogens with zero attached hydrogens (tertiary/aromatic N) is 1. The fourth-order valence-corrected chi connectivity index (χ4v) is 2.62. The molecule has 1 aliphatic rings. The number of hydrogen-bond donors (Lipinski definition) is 0. The molecule has 0 spiro atoms. The number of hydrogen-bond acceptors (Lipinski definition) is 5. The predicted octanol–water partition coefficient (Wildman–Crippen LogP) is 2.91. The minimum absolute atomic E-state index is 0.463. The van der Waals surface area contributed by atoms with E-state index in [-0.39, 0.29) is 0 Å². The van der Waals surface area contributed by atoms with E-state index in [1.807, 2.05) is 12.1 Å². The van der Waals surface area contributed by atoms with Crippen molar-refractivity contribution in [2.45, 2.75) is 0 Å². The molecule has 6 heteroatoms. The molecule has 0 aliphatic carbocycles. The van der Waals surface area contributed by atoms with Crippen LogP contribution in [-0.4, -0.2) is 42.2 Å². The van der Waals surface area contributed by atoms with E-state index in [1.54, 1.807) is 36.6 Å². The summed E-state index contributed by atoms with van der Waals surface area (Å²) in [5.41, 5.74) is 0.929. The normalized spacial score (nSPS) is 14.8. The van der Waals surface area contributed by atoms with E-state index in [9.17, 15) is 4.79 Å². The van der Waals surface area contributed by atoms with Gasteiger partial charge in [-0.15, -0.1) is 0 Å². The molecule has 1 aromatic carbocycles. The Labute approximate surface area is 145 Å². The average molecular weight is 343 g/mol. The van der Waals surface area contributed by atoms with Gasteiger partial charge in [0.05, 0.1) is 19.5 Å². The Kier molecular flexibility index (Phi) is 5.40. The molecular weight excluding hydrogens is 326 g/mol. The maximum absolute atomic E-state index is 11.8. The van der Waals surface area contributed by atoms with Crippen LogP contribution in [0.1, 0.15) is 11.3 Å². The standard InChI is InChI=1S/C18H17NO4S/c20-17(8-7-15-2-1-11-22-15)23-16-5-3-14(4-6-16)18(24)19-9-12-21-13-10-19/h1-8,11H,9-10,12-13H2/b8-7+. The van der Waals surface area contributed by atoms with Gasteiger partial charge in [-0.2, -0.15) is 0 Å². The van der Waals surface area contributed by atoms with Crippen molar-refractivity contribution in [2.24, 2.45) is 0 Å². The van der Waals surface area contributed by atoms with Crippen LogP contribution in [0, 0.1) is 0 Å². The highest BCUT2D eigenvalue weighted by Crippen LogP contribution is 2.16. The Morgan fingerprint density at radius 1 is 1.17 bits per heavy atom. The van der Waals surface area contributed by atoms with Crippen molar-refractivity contribution in [1.29, 1.82) is 0 Å². The number of morpholine rings is 1. The lowest BCUT2D eigenvalue weighted by atomic mass is 10.2. The number of carbonyl (C=O) groups is 1. The molecule has 24 heavy (non-hydrogen) atoms. The topological polar surface area (TPSA) is 51.9 Å². The van der Waals surface area contributed by atoms with Crippen molar-refractivity contribution in [3.05, 3.63) is 60.1 Å². The van der Waals surface area contributed by atoms with Gasteiger partial charge >= 0.3 is 5.97 Å². The number of benzene rings is 1. The van der Waals surface area contributed by atoms with Crippen molar-refractivity contribution < 1.29 is 18.7 Å². The molecule has 2 heterocycles. The van der Waals surface area contributed by atoms with Gasteiger partial charge in [0.25, 0.3) is 0 Å². The van der Waals surface area contributed by atoms with Crippen LogP contribution in [0.15, 0.2) is 53.2 Å². The summed E-state index contributed by atoms with van der Waals surface area (Å²) in [4.78, 5) is 14.7. The first-order valence-electron chi connectivity index (χ1n) is 7.63. The van der Waals surface area contributed by atoms with Crippen LogP contribution >= 0.6 is 12.2 Å². The number of furan rings is 1. The number of thiocarbonyl (C=S) groups is 1. The lowest BCUT2D eigenvalue weighted by Crippen LogP contribution is -2.40. The van der Waals surface area contributed by atoms with Gasteiger partial charge in [0, 0.05) is 24.7 Å². The largest absolute Gasteiger partial charge is 0.465 e. The molecule has 0 amide bonds. The Bertz CT molecular complexity index is 716. The second-order valence-electron chi connectivity index (χ2n) is 5.20. The minimum atomic E-state index is -0.463. The summed E-state index contributed by atoms with van der Waals surface area (Å²) in [6.07, 6.45) is 4.43. The van der Waals surface area contributed by atoms with Crippen LogP contribution in [0.25, 0.3) is 6.08 Å². The predicted molar refractivity (Wildman–Crippen MR) is 93.9 cm³/mol. The number of ether oxygens (including phenoxy) is 2. The van der Waals surface area contributed by atoms with Gasteiger partial charge in [-0.05, 0) is 42.5 Å². The Balaban J connectivity index is 1.57. The molecule has 0 atom stereocenters. The van der Waals surface area contributed by atoms with Gasteiger partial charge in [-0.25, -0.2) is 4.79 Å². The van der Waals surface area contributed by atoms with E-state index in [4.69, 9.17) is 26.1 Å². The molecule has 124 valence electrons. The molecule has 3 rings (SSSR count). The van der Waals surface area contributed by atoms with Crippen molar-refractivity contribution in [3.63, 3.8) is 0 Å². The van der Waals surface area contributed by atoms with E-state index in [0.717, 1.165) is 23.6 Å². The molecule has 2 aromatic rings. The van der Waals surface area contributed by atoms with Gasteiger partial charge in [-0.3, -0.25) is 0 Å². The quantitative estimate of drug-likeness (QED) is 0.368. The van der Waals surface area contributed by atoms with E-state index in [1.165, 1.54) is 6.08 Å². The summed E-state index contributed by atoms with van der Waals surface area (Å²) >= 11 is 5.50. The van der Waals surface area contributed by atoms with Crippen LogP contribution in [0.5, 0.6) is 5.75 Å². The van der Waals surface area contributed by atoms with Gasteiger partial charge in [-0.1, -0.05) is 12.2 Å². The third-order valence-electron chi connectivity index (χ3n) is 3.54. The van der Waals surface area contributed by atoms with Crippen molar-refractivity contribution in [2.75, 3.05) is 26.3 Å². The van der Waals surface area contributed by atoms with Gasteiger partial charge < -0.3 is 18.8 Å². The molecule has 5 nitrogen and oxygen atoms in total. The second kappa shape index (κ2) is 7.90. The van der Waals surface area contributed by atoms with E-state index >= 15 is 0 Å². The minimum Gasteiger partial charge on any atom is -0.465 e. The lowest BCUT2D eigenvalue weighted by Gasteiger charge is -2.29. The maximum atomic E-state index is 11.8. The van der Waals surface area contributed by atoms with Crippen LogP contribution < -0.4 is 4.74 Å². The molecule has 1 aliphatic heterocycles. The van der Waals surface area contributed by atoms with Crippen LogP contribution in [0.2, 0.25) is 0 Å². The van der Waals surface area contributed by atoms with E-state index in [2.05, 4.69) is 4.90 Å². The number of rotatable bonds is 4. The molecule has 0 N–H and O–H groups in total. The fourth-order valence-electron chi connectivity index (χ4n) is 2.30. The first kappa shape index (κ1) is 16.4. The summed E-state index contributed by atoms with van der Waals surface area (Å²) in [6, 6.07) is 10.7. The molecule has 1 aromatic heterocycles. The molecule has 0 unspecified atom stereocenters. The van der Waals surface area contributed by atoms with Gasteiger partial charge in [0.15, 0.2) is 0 Å². The monoisotopic (exact) mass is 343 g/mol. The maximum Gasteiger partial charge on any atom is 0.336 e. The SMILES string of the molecule is O=C(/C=C/c1ccco1)Oc1ccc(C(=S)N2CCOCC2)cc1. The number of esters is 1. The first-order valence-corrected chi connectivity index (χ1v) is 8.04. The summed E-state index contributed by atoms with van der Waals surface area (Å²) in [7, 11) is 0. The zero-order chi connectivity index (χ0) is 16.8. The Hall–Kier alpha value is -2.44. The second-order valence-corrected chi connectivity index (χ2v) is 5.59. The third-order valence-corrected chi connectivity index (χ3v) is 4.04. The molecule has 1 fully saturated rings. The van der Waals surface area contributed by atoms with Crippen molar-refractivity contribution in [3.8, 4) is 5.75 Å². The molecular formula is C18H17NO4S. The van der Waals surface area contributed by atoms with Crippen LogP contribution in [-0.2, 0) is 9.53 Å². The van der Waals surface area contributed by atoms with Gasteiger partial charge in [0.1, 0.15) is 16.5 Å². The summed E-state index contributed by atoms with van der Waals surface area (Å²) in [5, 5.41) is 0. The zero-order valence-electron chi connectivity index (χ0n) is 13.0. The Morgan fingerprint density at radius 3 is 2.58 bits per heavy atom. The van der Waals surface area contributed by atoms with Crippen molar-refractivity contribution >= 4 is 29.3 Å². The van der Waals surface area contributed by atoms with Crippen LogP contribution in [0.3, 0.4) is 0 Å². The van der Waals surface area contributed by atoms with E-state index in [0.29, 0.717) is 24.7 Å². The average Bonchev–Trinajstić information content (AvgIpc) is 3.14. The summed E-state index contributed by atoms with van der Waals surface area (Å²) < 4.78 is 15.7.